The van der Waals surface area contributed by atoms with Crippen LogP contribution >= 0.6 is 0 Å². The van der Waals surface area contributed by atoms with E-state index in [2.05, 4.69) is 24.4 Å². The van der Waals surface area contributed by atoms with E-state index in [0.717, 1.165) is 17.7 Å². The molecule has 94 valence electrons. The maximum Gasteiger partial charge on any atom is 0.150 e. The van der Waals surface area contributed by atoms with Gasteiger partial charge in [-0.05, 0) is 44.5 Å². The Morgan fingerprint density at radius 1 is 1.47 bits per heavy atom. The third-order valence-electron chi connectivity index (χ3n) is 2.89. The van der Waals surface area contributed by atoms with E-state index in [0.29, 0.717) is 6.61 Å². The molecule has 0 saturated carbocycles. The van der Waals surface area contributed by atoms with E-state index in [1.807, 2.05) is 13.0 Å². The summed E-state index contributed by atoms with van der Waals surface area (Å²) in [6, 6.07) is 5.92. The molecule has 1 atom stereocenters. The minimum atomic E-state index is -0.236. The molecule has 0 radical (unpaired) electrons. The summed E-state index contributed by atoms with van der Waals surface area (Å²) in [5.41, 5.74) is 2.41. The normalized spacial score (nSPS) is 12.2. The number of carbonyl (C=O) groups excluding carboxylic acids is 1. The van der Waals surface area contributed by atoms with Gasteiger partial charge in [0.2, 0.25) is 0 Å². The molecule has 0 saturated heterocycles. The lowest BCUT2D eigenvalue weighted by Gasteiger charge is -2.15. The molecule has 0 fully saturated rings. The van der Waals surface area contributed by atoms with Crippen LogP contribution in [0.2, 0.25) is 0 Å². The predicted octanol–water partition coefficient (Wildman–Crippen LogP) is 2.11. The molecule has 17 heavy (non-hydrogen) atoms. The van der Waals surface area contributed by atoms with Crippen molar-refractivity contribution in [2.75, 3.05) is 13.7 Å². The van der Waals surface area contributed by atoms with Gasteiger partial charge in [-0.3, -0.25) is 4.79 Å². The number of ketones is 1. The maximum absolute atomic E-state index is 11.2. The second-order valence-electron chi connectivity index (χ2n) is 4.22. The highest BCUT2D eigenvalue weighted by molar-refractivity contribution is 5.81. The topological polar surface area (TPSA) is 38.3 Å². The first-order chi connectivity index (χ1) is 8.08. The van der Waals surface area contributed by atoms with E-state index < -0.39 is 0 Å². The summed E-state index contributed by atoms with van der Waals surface area (Å²) in [7, 11) is 1.77. The van der Waals surface area contributed by atoms with Gasteiger partial charge < -0.3 is 10.1 Å². The van der Waals surface area contributed by atoms with Crippen LogP contribution in [0.5, 0.6) is 5.75 Å². The van der Waals surface area contributed by atoms with Crippen LogP contribution in [0.1, 0.15) is 25.0 Å². The average molecular weight is 235 g/mol. The Balaban J connectivity index is 2.66. The number of Topliss-reactive ketones (excluding diaryl/α,β-unsaturated/α-hetero) is 1. The van der Waals surface area contributed by atoms with Crippen molar-refractivity contribution in [1.29, 1.82) is 0 Å². The molecular weight excluding hydrogens is 214 g/mol. The number of carbonyl (C=O) groups is 1. The molecule has 0 heterocycles. The quantitative estimate of drug-likeness (QED) is 0.820. The van der Waals surface area contributed by atoms with Crippen LogP contribution in [-0.2, 0) is 11.2 Å². The Bertz CT molecular complexity index is 388. The fourth-order valence-corrected chi connectivity index (χ4v) is 1.67. The van der Waals surface area contributed by atoms with Crippen molar-refractivity contribution >= 4 is 5.78 Å². The molecule has 0 aliphatic rings. The Kier molecular flexibility index (Phi) is 5.16. The number of ether oxygens (including phenoxy) is 1. The summed E-state index contributed by atoms with van der Waals surface area (Å²) in [6.45, 7) is 6.09. The minimum Gasteiger partial charge on any atom is -0.491 e. The van der Waals surface area contributed by atoms with Crippen molar-refractivity contribution in [3.63, 3.8) is 0 Å². The standard InChI is InChI=1S/C14H21NO2/c1-5-12-6-7-14(10(2)8-12)17-9-13(15-4)11(3)16/h6-8,13,15H,5,9H2,1-4H3. The third kappa shape index (κ3) is 3.86. The summed E-state index contributed by atoms with van der Waals surface area (Å²) in [5.74, 6) is 0.944. The number of nitrogens with one attached hydrogen (secondary N) is 1. The zero-order chi connectivity index (χ0) is 12.8. The molecule has 1 N–H and O–H groups in total. The average Bonchev–Trinajstić information content (AvgIpc) is 2.31. The number of rotatable bonds is 6. The highest BCUT2D eigenvalue weighted by Crippen LogP contribution is 2.19. The molecule has 1 aromatic carbocycles. The van der Waals surface area contributed by atoms with Crippen LogP contribution in [-0.4, -0.2) is 25.5 Å². The number of hydrogen-bond donors (Lipinski definition) is 1. The fraction of sp³-hybridized carbons (Fsp3) is 0.500. The van der Waals surface area contributed by atoms with Gasteiger partial charge in [-0.25, -0.2) is 0 Å². The summed E-state index contributed by atoms with van der Waals surface area (Å²) in [5, 5.41) is 2.94. The highest BCUT2D eigenvalue weighted by atomic mass is 16.5. The second-order valence-corrected chi connectivity index (χ2v) is 4.22. The molecule has 0 amide bonds. The predicted molar refractivity (Wildman–Crippen MR) is 69.6 cm³/mol. The first-order valence-electron chi connectivity index (χ1n) is 5.98. The molecule has 3 heteroatoms. The molecule has 1 unspecified atom stereocenters. The SMILES string of the molecule is CCc1ccc(OCC(NC)C(C)=O)c(C)c1. The lowest BCUT2D eigenvalue weighted by molar-refractivity contribution is -0.119. The van der Waals surface area contributed by atoms with E-state index >= 15 is 0 Å². The lowest BCUT2D eigenvalue weighted by atomic mass is 10.1. The minimum absolute atomic E-state index is 0.0929. The van der Waals surface area contributed by atoms with Crippen molar-refractivity contribution in [2.45, 2.75) is 33.2 Å². The monoisotopic (exact) mass is 235 g/mol. The lowest BCUT2D eigenvalue weighted by Crippen LogP contribution is -2.37. The van der Waals surface area contributed by atoms with E-state index in [1.54, 1.807) is 14.0 Å². The molecule has 0 aliphatic carbocycles. The smallest absolute Gasteiger partial charge is 0.150 e. The fourth-order valence-electron chi connectivity index (χ4n) is 1.67. The van der Waals surface area contributed by atoms with E-state index in [1.165, 1.54) is 5.56 Å². The Hall–Kier alpha value is -1.35. The Morgan fingerprint density at radius 2 is 2.18 bits per heavy atom. The van der Waals surface area contributed by atoms with Crippen LogP contribution in [0.15, 0.2) is 18.2 Å². The number of likely N-dealkylation sites (N-methyl/N-ethyl adjacent to an activating group) is 1. The second kappa shape index (κ2) is 6.40. The van der Waals surface area contributed by atoms with Gasteiger partial charge in [0, 0.05) is 0 Å². The number of aryl methyl sites for hydroxylation is 2. The van der Waals surface area contributed by atoms with Gasteiger partial charge in [-0.2, -0.15) is 0 Å². The van der Waals surface area contributed by atoms with Gasteiger partial charge in [-0.15, -0.1) is 0 Å². The number of benzene rings is 1. The van der Waals surface area contributed by atoms with E-state index in [-0.39, 0.29) is 11.8 Å². The summed E-state index contributed by atoms with van der Waals surface area (Å²) < 4.78 is 5.67. The van der Waals surface area contributed by atoms with E-state index in [9.17, 15) is 4.79 Å². The van der Waals surface area contributed by atoms with Crippen LogP contribution in [0.3, 0.4) is 0 Å². The molecule has 0 bridgehead atoms. The van der Waals surface area contributed by atoms with Gasteiger partial charge in [-0.1, -0.05) is 19.1 Å². The van der Waals surface area contributed by atoms with Gasteiger partial charge in [0.25, 0.3) is 0 Å². The summed E-state index contributed by atoms with van der Waals surface area (Å²) in [6.07, 6.45) is 1.02. The largest absolute Gasteiger partial charge is 0.491 e. The zero-order valence-corrected chi connectivity index (χ0v) is 11.0. The van der Waals surface area contributed by atoms with Crippen molar-refractivity contribution in [3.05, 3.63) is 29.3 Å². The maximum atomic E-state index is 11.2. The molecule has 1 rings (SSSR count). The molecule has 0 aliphatic heterocycles. The zero-order valence-electron chi connectivity index (χ0n) is 11.0. The van der Waals surface area contributed by atoms with Crippen molar-refractivity contribution < 1.29 is 9.53 Å². The molecule has 1 aromatic rings. The van der Waals surface area contributed by atoms with Crippen LogP contribution in [0.25, 0.3) is 0 Å². The van der Waals surface area contributed by atoms with Crippen LogP contribution in [0.4, 0.5) is 0 Å². The molecule has 3 nitrogen and oxygen atoms in total. The van der Waals surface area contributed by atoms with Crippen LogP contribution in [0, 0.1) is 6.92 Å². The highest BCUT2D eigenvalue weighted by Gasteiger charge is 2.12. The Morgan fingerprint density at radius 3 is 2.65 bits per heavy atom. The van der Waals surface area contributed by atoms with Crippen molar-refractivity contribution in [2.24, 2.45) is 0 Å². The molecule has 0 aromatic heterocycles. The summed E-state index contributed by atoms with van der Waals surface area (Å²) >= 11 is 0. The van der Waals surface area contributed by atoms with Crippen LogP contribution < -0.4 is 10.1 Å². The Labute approximate surface area is 103 Å². The molecular formula is C14H21NO2. The molecule has 0 spiro atoms. The van der Waals surface area contributed by atoms with Gasteiger partial charge in [0.1, 0.15) is 24.2 Å². The van der Waals surface area contributed by atoms with Crippen molar-refractivity contribution in [1.82, 2.24) is 5.32 Å². The summed E-state index contributed by atoms with van der Waals surface area (Å²) in [4.78, 5) is 11.2. The number of hydrogen-bond acceptors (Lipinski definition) is 3. The first-order valence-corrected chi connectivity index (χ1v) is 5.98. The van der Waals surface area contributed by atoms with E-state index in [4.69, 9.17) is 4.74 Å². The first kappa shape index (κ1) is 13.7. The third-order valence-corrected chi connectivity index (χ3v) is 2.89. The van der Waals surface area contributed by atoms with Gasteiger partial charge in [0.05, 0.1) is 0 Å². The van der Waals surface area contributed by atoms with Gasteiger partial charge in [0.15, 0.2) is 0 Å². The van der Waals surface area contributed by atoms with Crippen molar-refractivity contribution in [3.8, 4) is 5.75 Å². The van der Waals surface area contributed by atoms with Gasteiger partial charge >= 0.3 is 0 Å².